The summed E-state index contributed by atoms with van der Waals surface area (Å²) in [5.41, 5.74) is 0.753. The van der Waals surface area contributed by atoms with Crippen LogP contribution in [0.15, 0.2) is 18.3 Å². The fourth-order valence-electron chi connectivity index (χ4n) is 1.94. The normalized spacial score (nSPS) is 12.8. The second-order valence-electron chi connectivity index (χ2n) is 4.62. The Morgan fingerprint density at radius 3 is 2.95 bits per heavy atom. The lowest BCUT2D eigenvalue weighted by atomic mass is 10.3. The van der Waals surface area contributed by atoms with Crippen molar-refractivity contribution >= 4 is 22.8 Å². The monoisotopic (exact) mass is 288 g/mol. The number of nitrogens with zero attached hydrogens (tertiary/aromatic N) is 5. The summed E-state index contributed by atoms with van der Waals surface area (Å²) < 4.78 is 1.73. The van der Waals surface area contributed by atoms with Crippen LogP contribution in [0.4, 0.5) is 5.82 Å². The Hall–Kier alpha value is -2.02. The standard InChI is InChI=1S/C13H16N6S/c1-4-10-7-14-13(20-10)8(2)15-11-5-6-12-17-16-9(3)19(12)18-11/h5-8H,4H2,1-3H3,(H,15,18)/t8-/m0/s1. The van der Waals surface area contributed by atoms with E-state index in [1.165, 1.54) is 4.88 Å². The Morgan fingerprint density at radius 2 is 2.20 bits per heavy atom. The first-order valence-corrected chi connectivity index (χ1v) is 7.39. The first-order valence-electron chi connectivity index (χ1n) is 6.57. The molecular formula is C13H16N6S. The van der Waals surface area contributed by atoms with E-state index in [2.05, 4.69) is 39.4 Å². The molecule has 0 aliphatic carbocycles. The zero-order valence-corrected chi connectivity index (χ0v) is 12.5. The van der Waals surface area contributed by atoms with Crippen molar-refractivity contribution in [3.05, 3.63) is 34.0 Å². The minimum atomic E-state index is 0.127. The van der Waals surface area contributed by atoms with E-state index in [0.29, 0.717) is 0 Å². The molecule has 0 aliphatic heterocycles. The van der Waals surface area contributed by atoms with Gasteiger partial charge in [0.05, 0.1) is 6.04 Å². The Kier molecular flexibility index (Phi) is 3.35. The van der Waals surface area contributed by atoms with Crippen LogP contribution in [0.3, 0.4) is 0 Å². The molecule has 0 unspecified atom stereocenters. The quantitative estimate of drug-likeness (QED) is 0.799. The molecule has 7 heteroatoms. The Bertz CT molecular complexity index is 731. The highest BCUT2D eigenvalue weighted by Crippen LogP contribution is 2.23. The van der Waals surface area contributed by atoms with Crippen molar-refractivity contribution in [3.63, 3.8) is 0 Å². The zero-order valence-electron chi connectivity index (χ0n) is 11.7. The van der Waals surface area contributed by atoms with Gasteiger partial charge in [-0.2, -0.15) is 4.52 Å². The van der Waals surface area contributed by atoms with Crippen molar-refractivity contribution in [3.8, 4) is 0 Å². The molecule has 0 radical (unpaired) electrons. The maximum absolute atomic E-state index is 4.48. The van der Waals surface area contributed by atoms with Crippen LogP contribution in [0.2, 0.25) is 0 Å². The second kappa shape index (κ2) is 5.16. The number of rotatable bonds is 4. The van der Waals surface area contributed by atoms with Gasteiger partial charge in [0.25, 0.3) is 0 Å². The highest BCUT2D eigenvalue weighted by atomic mass is 32.1. The second-order valence-corrected chi connectivity index (χ2v) is 5.77. The highest BCUT2D eigenvalue weighted by molar-refractivity contribution is 7.11. The number of hydrogen-bond donors (Lipinski definition) is 1. The average Bonchev–Trinajstić information content (AvgIpc) is 3.06. The molecule has 20 heavy (non-hydrogen) atoms. The molecular weight excluding hydrogens is 272 g/mol. The van der Waals surface area contributed by atoms with E-state index < -0.39 is 0 Å². The van der Waals surface area contributed by atoms with E-state index in [9.17, 15) is 0 Å². The van der Waals surface area contributed by atoms with Gasteiger partial charge in [0.1, 0.15) is 10.8 Å². The van der Waals surface area contributed by atoms with Crippen LogP contribution in [0.5, 0.6) is 0 Å². The number of thiazole rings is 1. The van der Waals surface area contributed by atoms with Crippen LogP contribution in [0, 0.1) is 6.92 Å². The molecule has 1 N–H and O–H groups in total. The van der Waals surface area contributed by atoms with Gasteiger partial charge in [-0.25, -0.2) is 4.98 Å². The molecule has 3 aromatic heterocycles. The molecule has 3 rings (SSSR count). The van der Waals surface area contributed by atoms with Crippen molar-refractivity contribution in [1.82, 2.24) is 24.8 Å². The fourth-order valence-corrected chi connectivity index (χ4v) is 2.80. The minimum absolute atomic E-state index is 0.127. The number of aromatic nitrogens is 5. The summed E-state index contributed by atoms with van der Waals surface area (Å²) in [6.07, 6.45) is 2.97. The van der Waals surface area contributed by atoms with Crippen LogP contribution in [0.1, 0.15) is 35.6 Å². The third-order valence-corrected chi connectivity index (χ3v) is 4.40. The molecule has 0 spiro atoms. The lowest BCUT2D eigenvalue weighted by Crippen LogP contribution is -2.09. The van der Waals surface area contributed by atoms with Gasteiger partial charge in [0, 0.05) is 11.1 Å². The summed E-state index contributed by atoms with van der Waals surface area (Å²) in [5, 5.41) is 16.9. The molecule has 0 saturated heterocycles. The molecule has 0 aliphatic rings. The summed E-state index contributed by atoms with van der Waals surface area (Å²) in [5.74, 6) is 1.57. The van der Waals surface area contributed by atoms with Gasteiger partial charge in [-0.05, 0) is 32.4 Å². The van der Waals surface area contributed by atoms with Gasteiger partial charge in [-0.3, -0.25) is 0 Å². The molecule has 0 saturated carbocycles. The Morgan fingerprint density at radius 1 is 1.35 bits per heavy atom. The van der Waals surface area contributed by atoms with Crippen molar-refractivity contribution in [2.24, 2.45) is 0 Å². The topological polar surface area (TPSA) is 68.0 Å². The van der Waals surface area contributed by atoms with E-state index in [1.807, 2.05) is 25.3 Å². The lowest BCUT2D eigenvalue weighted by molar-refractivity contribution is 0.823. The number of hydrogen-bond acceptors (Lipinski definition) is 6. The first-order chi connectivity index (χ1) is 9.67. The highest BCUT2D eigenvalue weighted by Gasteiger charge is 2.11. The van der Waals surface area contributed by atoms with Crippen LogP contribution >= 0.6 is 11.3 Å². The SMILES string of the molecule is CCc1cnc([C@H](C)Nc2ccc3nnc(C)n3n2)s1. The lowest BCUT2D eigenvalue weighted by Gasteiger charge is -2.11. The average molecular weight is 288 g/mol. The summed E-state index contributed by atoms with van der Waals surface area (Å²) in [6, 6.07) is 3.94. The van der Waals surface area contributed by atoms with Gasteiger partial charge in [-0.15, -0.1) is 26.6 Å². The van der Waals surface area contributed by atoms with Gasteiger partial charge < -0.3 is 5.32 Å². The van der Waals surface area contributed by atoms with E-state index in [0.717, 1.165) is 28.7 Å². The molecule has 0 fully saturated rings. The maximum Gasteiger partial charge on any atom is 0.178 e. The first kappa shape index (κ1) is 13.0. The zero-order chi connectivity index (χ0) is 14.1. The predicted octanol–water partition coefficient (Wildman–Crippen LogP) is 2.62. The van der Waals surface area contributed by atoms with Gasteiger partial charge in [-0.1, -0.05) is 6.92 Å². The number of nitrogens with one attached hydrogen (secondary N) is 1. The number of anilines is 1. The molecule has 0 bridgehead atoms. The van der Waals surface area contributed by atoms with E-state index in [1.54, 1.807) is 15.9 Å². The third kappa shape index (κ3) is 2.36. The van der Waals surface area contributed by atoms with Crippen molar-refractivity contribution in [2.45, 2.75) is 33.2 Å². The van der Waals surface area contributed by atoms with Crippen molar-refractivity contribution in [1.29, 1.82) is 0 Å². The number of fused-ring (bicyclic) bond motifs is 1. The Balaban J connectivity index is 1.82. The molecule has 6 nitrogen and oxygen atoms in total. The third-order valence-electron chi connectivity index (χ3n) is 3.07. The summed E-state index contributed by atoms with van der Waals surface area (Å²) in [6.45, 7) is 6.11. The molecule has 104 valence electrons. The van der Waals surface area contributed by atoms with E-state index >= 15 is 0 Å². The summed E-state index contributed by atoms with van der Waals surface area (Å²) in [4.78, 5) is 5.75. The number of aryl methyl sites for hydroxylation is 2. The van der Waals surface area contributed by atoms with Crippen LogP contribution in [-0.2, 0) is 6.42 Å². The molecule has 1 atom stereocenters. The van der Waals surface area contributed by atoms with Crippen molar-refractivity contribution < 1.29 is 0 Å². The van der Waals surface area contributed by atoms with E-state index in [-0.39, 0.29) is 6.04 Å². The van der Waals surface area contributed by atoms with Gasteiger partial charge in [0.2, 0.25) is 0 Å². The largest absolute Gasteiger partial charge is 0.360 e. The van der Waals surface area contributed by atoms with Crippen LogP contribution < -0.4 is 5.32 Å². The van der Waals surface area contributed by atoms with Gasteiger partial charge >= 0.3 is 0 Å². The molecule has 3 heterocycles. The molecule has 0 amide bonds. The summed E-state index contributed by atoms with van der Waals surface area (Å²) >= 11 is 1.74. The molecule has 3 aromatic rings. The van der Waals surface area contributed by atoms with Crippen LogP contribution in [0.25, 0.3) is 5.65 Å². The smallest absolute Gasteiger partial charge is 0.178 e. The van der Waals surface area contributed by atoms with Crippen molar-refractivity contribution in [2.75, 3.05) is 5.32 Å². The molecule has 0 aromatic carbocycles. The predicted molar refractivity (Wildman–Crippen MR) is 79.0 cm³/mol. The Labute approximate surface area is 120 Å². The maximum atomic E-state index is 4.48. The fraction of sp³-hybridized carbons (Fsp3) is 0.385. The van der Waals surface area contributed by atoms with E-state index in [4.69, 9.17) is 0 Å². The van der Waals surface area contributed by atoms with Crippen LogP contribution in [-0.4, -0.2) is 24.8 Å². The minimum Gasteiger partial charge on any atom is -0.360 e. The summed E-state index contributed by atoms with van der Waals surface area (Å²) in [7, 11) is 0. The van der Waals surface area contributed by atoms with Gasteiger partial charge in [0.15, 0.2) is 11.5 Å².